The molecule has 1 amide bonds. The maximum absolute atomic E-state index is 12.1. The Bertz CT molecular complexity index is 668. The minimum Gasteiger partial charge on any atom is -0.417 e. The number of rotatable bonds is 2. The largest absolute Gasteiger partial charge is 0.417 e. The van der Waals surface area contributed by atoms with Gasteiger partial charge in [0.15, 0.2) is 5.76 Å². The maximum Gasteiger partial charge on any atom is 0.344 e. The number of hydrogen-bond acceptors (Lipinski definition) is 3. The van der Waals surface area contributed by atoms with Crippen LogP contribution in [0.1, 0.15) is 36.2 Å². The van der Waals surface area contributed by atoms with Gasteiger partial charge in [-0.25, -0.2) is 4.79 Å². The lowest BCUT2D eigenvalue weighted by Crippen LogP contribution is -2.33. The van der Waals surface area contributed by atoms with E-state index in [0.29, 0.717) is 5.39 Å². The molecule has 4 nitrogen and oxygen atoms in total. The molecule has 1 aliphatic carbocycles. The molecule has 0 unspecified atom stereocenters. The first-order chi connectivity index (χ1) is 9.24. The second kappa shape index (κ2) is 4.88. The number of nitrogens with one attached hydrogen (secondary N) is 1. The van der Waals surface area contributed by atoms with Crippen molar-refractivity contribution >= 4 is 16.7 Å². The molecule has 1 fully saturated rings. The summed E-state index contributed by atoms with van der Waals surface area (Å²) >= 11 is 0. The summed E-state index contributed by atoms with van der Waals surface area (Å²) in [6.07, 6.45) is 4.30. The van der Waals surface area contributed by atoms with Crippen LogP contribution in [0, 0.1) is 0 Å². The van der Waals surface area contributed by atoms with Crippen LogP contribution in [0.4, 0.5) is 0 Å². The van der Waals surface area contributed by atoms with Gasteiger partial charge in [0.25, 0.3) is 5.91 Å². The van der Waals surface area contributed by atoms with Crippen LogP contribution in [0.15, 0.2) is 39.5 Å². The van der Waals surface area contributed by atoms with E-state index in [2.05, 4.69) is 5.32 Å². The molecule has 1 aromatic heterocycles. The van der Waals surface area contributed by atoms with Crippen molar-refractivity contribution in [3.8, 4) is 0 Å². The van der Waals surface area contributed by atoms with Gasteiger partial charge >= 0.3 is 5.63 Å². The SMILES string of the molecule is O=C(NC1CCCC1)c1cc2ccccc2c(=O)o1. The molecule has 4 heteroatoms. The fourth-order valence-corrected chi connectivity index (χ4v) is 2.57. The molecule has 1 saturated carbocycles. The summed E-state index contributed by atoms with van der Waals surface area (Å²) in [5.41, 5.74) is -0.463. The molecule has 1 heterocycles. The summed E-state index contributed by atoms with van der Waals surface area (Å²) in [5.74, 6) is -0.203. The molecule has 3 rings (SSSR count). The van der Waals surface area contributed by atoms with E-state index in [1.54, 1.807) is 24.3 Å². The normalized spacial score (nSPS) is 15.8. The first-order valence-electron chi connectivity index (χ1n) is 6.58. The maximum atomic E-state index is 12.1. The van der Waals surface area contributed by atoms with Crippen molar-refractivity contribution in [2.75, 3.05) is 0 Å². The van der Waals surface area contributed by atoms with Crippen LogP contribution in [-0.4, -0.2) is 11.9 Å². The molecular weight excluding hydrogens is 242 g/mol. The molecule has 2 aromatic rings. The molecule has 0 atom stereocenters. The summed E-state index contributed by atoms with van der Waals surface area (Å²) in [7, 11) is 0. The van der Waals surface area contributed by atoms with E-state index in [-0.39, 0.29) is 17.7 Å². The lowest BCUT2D eigenvalue weighted by molar-refractivity contribution is 0.0906. The molecule has 0 saturated heterocycles. The smallest absolute Gasteiger partial charge is 0.344 e. The van der Waals surface area contributed by atoms with Crippen molar-refractivity contribution in [1.82, 2.24) is 5.32 Å². The summed E-state index contributed by atoms with van der Waals surface area (Å²) in [6, 6.07) is 8.95. The summed E-state index contributed by atoms with van der Waals surface area (Å²) < 4.78 is 5.10. The van der Waals surface area contributed by atoms with Crippen LogP contribution in [0.2, 0.25) is 0 Å². The van der Waals surface area contributed by atoms with Crippen LogP contribution in [0.3, 0.4) is 0 Å². The zero-order chi connectivity index (χ0) is 13.2. The van der Waals surface area contributed by atoms with Crippen molar-refractivity contribution in [3.63, 3.8) is 0 Å². The molecule has 1 aromatic carbocycles. The van der Waals surface area contributed by atoms with E-state index in [1.165, 1.54) is 0 Å². The molecule has 0 bridgehead atoms. The Labute approximate surface area is 110 Å². The summed E-state index contributed by atoms with van der Waals surface area (Å²) in [6.45, 7) is 0. The van der Waals surface area contributed by atoms with E-state index in [9.17, 15) is 9.59 Å². The average Bonchev–Trinajstić information content (AvgIpc) is 2.91. The van der Waals surface area contributed by atoms with E-state index in [0.717, 1.165) is 31.1 Å². The Hall–Kier alpha value is -2.10. The average molecular weight is 257 g/mol. The van der Waals surface area contributed by atoms with Gasteiger partial charge in [-0.15, -0.1) is 0 Å². The highest BCUT2D eigenvalue weighted by Crippen LogP contribution is 2.18. The van der Waals surface area contributed by atoms with Gasteiger partial charge in [0.1, 0.15) is 0 Å². The first kappa shape index (κ1) is 12.0. The fraction of sp³-hybridized carbons (Fsp3) is 0.333. The van der Waals surface area contributed by atoms with Crippen molar-refractivity contribution in [2.24, 2.45) is 0 Å². The predicted octanol–water partition coefficient (Wildman–Crippen LogP) is 2.47. The third kappa shape index (κ3) is 2.38. The number of carbonyl (C=O) groups is 1. The van der Waals surface area contributed by atoms with Crippen molar-refractivity contribution in [1.29, 1.82) is 0 Å². The van der Waals surface area contributed by atoms with E-state index in [1.807, 2.05) is 6.07 Å². The molecule has 0 aliphatic heterocycles. The highest BCUT2D eigenvalue weighted by atomic mass is 16.4. The van der Waals surface area contributed by atoms with Crippen molar-refractivity contribution in [3.05, 3.63) is 46.5 Å². The minimum atomic E-state index is -0.463. The van der Waals surface area contributed by atoms with Crippen LogP contribution in [0.25, 0.3) is 10.8 Å². The topological polar surface area (TPSA) is 59.3 Å². The van der Waals surface area contributed by atoms with Gasteiger partial charge < -0.3 is 9.73 Å². The van der Waals surface area contributed by atoms with Gasteiger partial charge in [0.05, 0.1) is 5.39 Å². The molecule has 0 spiro atoms. The Morgan fingerprint density at radius 1 is 1.21 bits per heavy atom. The third-order valence-corrected chi connectivity index (χ3v) is 3.58. The summed E-state index contributed by atoms with van der Waals surface area (Å²) in [4.78, 5) is 23.8. The zero-order valence-electron chi connectivity index (χ0n) is 10.5. The van der Waals surface area contributed by atoms with Crippen LogP contribution >= 0.6 is 0 Å². The van der Waals surface area contributed by atoms with Gasteiger partial charge in [-0.2, -0.15) is 0 Å². The van der Waals surface area contributed by atoms with Crippen molar-refractivity contribution < 1.29 is 9.21 Å². The first-order valence-corrected chi connectivity index (χ1v) is 6.58. The van der Waals surface area contributed by atoms with Gasteiger partial charge in [-0.1, -0.05) is 31.0 Å². The number of carbonyl (C=O) groups excluding carboxylic acids is 1. The molecular formula is C15H15NO3. The van der Waals surface area contributed by atoms with E-state index in [4.69, 9.17) is 4.42 Å². The van der Waals surface area contributed by atoms with E-state index >= 15 is 0 Å². The van der Waals surface area contributed by atoms with E-state index < -0.39 is 5.63 Å². The number of fused-ring (bicyclic) bond motifs is 1. The summed E-state index contributed by atoms with van der Waals surface area (Å²) in [5, 5.41) is 4.15. The molecule has 19 heavy (non-hydrogen) atoms. The van der Waals surface area contributed by atoms with Crippen LogP contribution in [-0.2, 0) is 0 Å². The number of benzene rings is 1. The third-order valence-electron chi connectivity index (χ3n) is 3.58. The second-order valence-corrected chi connectivity index (χ2v) is 4.94. The molecule has 98 valence electrons. The van der Waals surface area contributed by atoms with Gasteiger partial charge in [-0.3, -0.25) is 4.79 Å². The standard InChI is InChI=1S/C15H15NO3/c17-14(16-11-6-2-3-7-11)13-9-10-5-1-4-8-12(10)15(18)19-13/h1,4-5,8-9,11H,2-3,6-7H2,(H,16,17). The highest BCUT2D eigenvalue weighted by molar-refractivity contribution is 5.95. The molecule has 1 N–H and O–H groups in total. The zero-order valence-corrected chi connectivity index (χ0v) is 10.5. The Kier molecular flexibility index (Phi) is 3.07. The monoisotopic (exact) mass is 257 g/mol. The van der Waals surface area contributed by atoms with Gasteiger partial charge in [-0.05, 0) is 30.4 Å². The fourth-order valence-electron chi connectivity index (χ4n) is 2.57. The Balaban J connectivity index is 1.91. The lowest BCUT2D eigenvalue weighted by Gasteiger charge is -2.11. The Morgan fingerprint density at radius 3 is 2.74 bits per heavy atom. The van der Waals surface area contributed by atoms with Crippen LogP contribution < -0.4 is 10.9 Å². The highest BCUT2D eigenvalue weighted by Gasteiger charge is 2.19. The molecule has 0 radical (unpaired) electrons. The molecule has 1 aliphatic rings. The van der Waals surface area contributed by atoms with Gasteiger partial charge in [0.2, 0.25) is 0 Å². The van der Waals surface area contributed by atoms with Crippen LogP contribution in [0.5, 0.6) is 0 Å². The lowest BCUT2D eigenvalue weighted by atomic mass is 10.1. The number of amides is 1. The number of hydrogen-bond donors (Lipinski definition) is 1. The minimum absolute atomic E-state index is 0.0931. The second-order valence-electron chi connectivity index (χ2n) is 4.94. The van der Waals surface area contributed by atoms with Crippen molar-refractivity contribution in [2.45, 2.75) is 31.7 Å². The quantitative estimate of drug-likeness (QED) is 0.899. The Morgan fingerprint density at radius 2 is 1.95 bits per heavy atom. The van der Waals surface area contributed by atoms with Gasteiger partial charge in [0, 0.05) is 6.04 Å². The predicted molar refractivity (Wildman–Crippen MR) is 72.2 cm³/mol.